The van der Waals surface area contributed by atoms with E-state index in [-0.39, 0.29) is 0 Å². The van der Waals surface area contributed by atoms with Crippen molar-refractivity contribution in [2.75, 3.05) is 45.8 Å². The number of aliphatic imine (C=N–C) groups is 1. The number of benzene rings is 1. The lowest BCUT2D eigenvalue weighted by Gasteiger charge is -2.34. The van der Waals surface area contributed by atoms with E-state index in [0.29, 0.717) is 6.04 Å². The maximum absolute atomic E-state index is 5.39. The summed E-state index contributed by atoms with van der Waals surface area (Å²) in [6.45, 7) is 5.20. The molecule has 0 radical (unpaired) electrons. The summed E-state index contributed by atoms with van der Waals surface area (Å²) in [5.74, 6) is 2.58. The lowest BCUT2D eigenvalue weighted by molar-refractivity contribution is 0.393. The fourth-order valence-corrected chi connectivity index (χ4v) is 3.23. The van der Waals surface area contributed by atoms with Gasteiger partial charge in [-0.05, 0) is 19.3 Å². The Hall–Kier alpha value is -2.11. The van der Waals surface area contributed by atoms with Crippen LogP contribution in [-0.4, -0.2) is 52.9 Å². The molecule has 1 heterocycles. The Morgan fingerprint density at radius 1 is 1.12 bits per heavy atom. The number of rotatable bonds is 8. The van der Waals surface area contributed by atoms with Crippen LogP contribution in [0, 0.1) is 0 Å². The molecule has 1 saturated heterocycles. The van der Waals surface area contributed by atoms with E-state index < -0.39 is 0 Å². The Kier molecular flexibility index (Phi) is 8.38. The van der Waals surface area contributed by atoms with Gasteiger partial charge in [-0.1, -0.05) is 19.8 Å². The Labute approximate surface area is 158 Å². The topological polar surface area (TPSA) is 58.1 Å². The number of piperidine rings is 1. The molecule has 0 atom stereocenters. The lowest BCUT2D eigenvalue weighted by Crippen LogP contribution is -2.48. The zero-order valence-electron chi connectivity index (χ0n) is 16.7. The highest BCUT2D eigenvalue weighted by Crippen LogP contribution is 2.30. The van der Waals surface area contributed by atoms with Gasteiger partial charge in [0.15, 0.2) is 5.96 Å². The summed E-state index contributed by atoms with van der Waals surface area (Å²) in [4.78, 5) is 6.74. The van der Waals surface area contributed by atoms with Crippen molar-refractivity contribution in [3.63, 3.8) is 0 Å². The molecule has 0 spiro atoms. The fourth-order valence-electron chi connectivity index (χ4n) is 3.23. The lowest BCUT2D eigenvalue weighted by atomic mass is 10.0. The molecule has 1 aromatic carbocycles. The van der Waals surface area contributed by atoms with Gasteiger partial charge in [0.1, 0.15) is 11.5 Å². The Balaban J connectivity index is 1.85. The van der Waals surface area contributed by atoms with Crippen LogP contribution in [0.25, 0.3) is 0 Å². The van der Waals surface area contributed by atoms with Crippen molar-refractivity contribution < 1.29 is 9.47 Å². The van der Waals surface area contributed by atoms with E-state index in [1.54, 1.807) is 14.2 Å². The summed E-state index contributed by atoms with van der Waals surface area (Å²) in [6.07, 6.45) is 5.84. The van der Waals surface area contributed by atoms with Gasteiger partial charge in [-0.15, -0.1) is 0 Å². The van der Waals surface area contributed by atoms with Gasteiger partial charge in [-0.3, -0.25) is 4.99 Å². The Bertz CT molecular complexity index is 547. The molecule has 1 aromatic rings. The third kappa shape index (κ3) is 6.00. The molecule has 1 aliphatic rings. The fraction of sp³-hybridized carbons (Fsp3) is 0.650. The van der Waals surface area contributed by atoms with E-state index in [1.807, 2.05) is 13.1 Å². The number of unbranched alkanes of at least 4 members (excludes halogenated alkanes) is 2. The van der Waals surface area contributed by atoms with Crippen molar-refractivity contribution >= 4 is 11.6 Å². The highest BCUT2D eigenvalue weighted by atomic mass is 16.5. The van der Waals surface area contributed by atoms with Crippen molar-refractivity contribution in [2.45, 2.75) is 45.1 Å². The molecule has 0 aliphatic carbocycles. The van der Waals surface area contributed by atoms with Crippen molar-refractivity contribution in [1.29, 1.82) is 0 Å². The molecule has 6 nitrogen and oxygen atoms in total. The first-order valence-corrected chi connectivity index (χ1v) is 9.65. The number of methoxy groups -OCH3 is 2. The van der Waals surface area contributed by atoms with Gasteiger partial charge in [0.25, 0.3) is 0 Å². The first kappa shape index (κ1) is 20.2. The Morgan fingerprint density at radius 3 is 2.31 bits per heavy atom. The quantitative estimate of drug-likeness (QED) is 0.423. The number of hydrogen-bond acceptors (Lipinski definition) is 4. The van der Waals surface area contributed by atoms with Gasteiger partial charge >= 0.3 is 0 Å². The summed E-state index contributed by atoms with van der Waals surface area (Å²) in [6, 6.07) is 6.51. The predicted octanol–water partition coefficient (Wildman–Crippen LogP) is 3.03. The van der Waals surface area contributed by atoms with Crippen LogP contribution < -0.4 is 25.0 Å². The van der Waals surface area contributed by atoms with E-state index in [9.17, 15) is 0 Å². The average Bonchev–Trinajstić information content (AvgIpc) is 2.70. The van der Waals surface area contributed by atoms with E-state index in [1.165, 1.54) is 19.3 Å². The molecule has 2 N–H and O–H groups in total. The maximum Gasteiger partial charge on any atom is 0.191 e. The SMILES string of the molecule is CCCCCNC(=NC)NC1CCN(c2cc(OC)cc(OC)c2)CC1. The molecule has 0 saturated carbocycles. The van der Waals surface area contributed by atoms with Gasteiger partial charge in [-0.25, -0.2) is 0 Å². The van der Waals surface area contributed by atoms with Gasteiger partial charge in [0.2, 0.25) is 0 Å². The molecule has 1 aliphatic heterocycles. The van der Waals surface area contributed by atoms with Crippen LogP contribution >= 0.6 is 0 Å². The number of anilines is 1. The normalized spacial score (nSPS) is 15.7. The summed E-state index contributed by atoms with van der Waals surface area (Å²) < 4.78 is 10.8. The van der Waals surface area contributed by atoms with Gasteiger partial charge in [0, 0.05) is 56.6 Å². The minimum absolute atomic E-state index is 0.455. The van der Waals surface area contributed by atoms with Crippen LogP contribution in [0.5, 0.6) is 11.5 Å². The summed E-state index contributed by atoms with van der Waals surface area (Å²) >= 11 is 0. The van der Waals surface area contributed by atoms with Gasteiger partial charge < -0.3 is 25.0 Å². The zero-order chi connectivity index (χ0) is 18.8. The monoisotopic (exact) mass is 362 g/mol. The average molecular weight is 363 g/mol. The molecular weight excluding hydrogens is 328 g/mol. The minimum atomic E-state index is 0.455. The van der Waals surface area contributed by atoms with E-state index in [4.69, 9.17) is 9.47 Å². The highest BCUT2D eigenvalue weighted by molar-refractivity contribution is 5.80. The van der Waals surface area contributed by atoms with Gasteiger partial charge in [0.05, 0.1) is 14.2 Å². The number of hydrogen-bond donors (Lipinski definition) is 2. The number of nitrogens with zero attached hydrogens (tertiary/aromatic N) is 2. The van der Waals surface area contributed by atoms with Crippen molar-refractivity contribution in [2.24, 2.45) is 4.99 Å². The molecule has 146 valence electrons. The third-order valence-corrected chi connectivity index (χ3v) is 4.83. The van der Waals surface area contributed by atoms with E-state index in [2.05, 4.69) is 39.6 Å². The summed E-state index contributed by atoms with van der Waals surface area (Å²) in [5, 5.41) is 6.98. The molecular formula is C20H34N4O2. The number of guanidine groups is 1. The van der Waals surface area contributed by atoms with Crippen LogP contribution in [0.15, 0.2) is 23.2 Å². The summed E-state index contributed by atoms with van der Waals surface area (Å²) in [5.41, 5.74) is 1.15. The molecule has 0 unspecified atom stereocenters. The van der Waals surface area contributed by atoms with Crippen molar-refractivity contribution in [3.05, 3.63) is 18.2 Å². The van der Waals surface area contributed by atoms with Gasteiger partial charge in [-0.2, -0.15) is 0 Å². The molecule has 26 heavy (non-hydrogen) atoms. The zero-order valence-corrected chi connectivity index (χ0v) is 16.7. The molecule has 0 bridgehead atoms. The largest absolute Gasteiger partial charge is 0.497 e. The number of nitrogens with one attached hydrogen (secondary N) is 2. The molecule has 1 fully saturated rings. The molecule has 0 aromatic heterocycles. The van der Waals surface area contributed by atoms with Crippen molar-refractivity contribution in [3.8, 4) is 11.5 Å². The second-order valence-corrected chi connectivity index (χ2v) is 6.68. The van der Waals surface area contributed by atoms with Crippen LogP contribution in [0.3, 0.4) is 0 Å². The molecule has 2 rings (SSSR count). The minimum Gasteiger partial charge on any atom is -0.497 e. The van der Waals surface area contributed by atoms with Crippen molar-refractivity contribution in [1.82, 2.24) is 10.6 Å². The Morgan fingerprint density at radius 2 is 1.77 bits per heavy atom. The second-order valence-electron chi connectivity index (χ2n) is 6.68. The molecule has 0 amide bonds. The van der Waals surface area contributed by atoms with E-state index in [0.717, 1.165) is 55.6 Å². The molecule has 6 heteroatoms. The van der Waals surface area contributed by atoms with Crippen LogP contribution in [0.4, 0.5) is 5.69 Å². The first-order chi connectivity index (χ1) is 12.7. The predicted molar refractivity (Wildman–Crippen MR) is 109 cm³/mol. The van der Waals surface area contributed by atoms with Crippen LogP contribution in [0.1, 0.15) is 39.0 Å². The smallest absolute Gasteiger partial charge is 0.191 e. The first-order valence-electron chi connectivity index (χ1n) is 9.65. The second kappa shape index (κ2) is 10.8. The van der Waals surface area contributed by atoms with E-state index >= 15 is 0 Å². The highest BCUT2D eigenvalue weighted by Gasteiger charge is 2.21. The van der Waals surface area contributed by atoms with Crippen LogP contribution in [-0.2, 0) is 0 Å². The maximum atomic E-state index is 5.39. The third-order valence-electron chi connectivity index (χ3n) is 4.83. The summed E-state index contributed by atoms with van der Waals surface area (Å²) in [7, 11) is 5.22. The standard InChI is InChI=1S/C20H34N4O2/c1-5-6-7-10-22-20(21-2)23-16-8-11-24(12-9-16)17-13-18(25-3)15-19(14-17)26-4/h13-16H,5-12H2,1-4H3,(H2,21,22,23). The van der Waals surface area contributed by atoms with Crippen LogP contribution in [0.2, 0.25) is 0 Å². The number of ether oxygens (including phenoxy) is 2.